The van der Waals surface area contributed by atoms with E-state index < -0.39 is 0 Å². The van der Waals surface area contributed by atoms with Gasteiger partial charge in [0.25, 0.3) is 0 Å². The molecule has 18 heavy (non-hydrogen) atoms. The molecule has 1 atom stereocenters. The summed E-state index contributed by atoms with van der Waals surface area (Å²) in [6.07, 6.45) is 5.04. The van der Waals surface area contributed by atoms with E-state index in [0.29, 0.717) is 22.7 Å². The van der Waals surface area contributed by atoms with Crippen molar-refractivity contribution in [3.8, 4) is 6.07 Å². The van der Waals surface area contributed by atoms with E-state index in [2.05, 4.69) is 25.2 Å². The Morgan fingerprint density at radius 1 is 1.39 bits per heavy atom. The molecule has 1 unspecified atom stereocenters. The largest absolute Gasteiger partial charge is 0.398 e. The van der Waals surface area contributed by atoms with Crippen LogP contribution in [0.2, 0.25) is 0 Å². The van der Waals surface area contributed by atoms with Gasteiger partial charge in [-0.05, 0) is 36.5 Å². The van der Waals surface area contributed by atoms with Crippen LogP contribution in [0.15, 0.2) is 18.2 Å². The minimum Gasteiger partial charge on any atom is -0.398 e. The van der Waals surface area contributed by atoms with Crippen molar-refractivity contribution in [3.05, 3.63) is 23.8 Å². The summed E-state index contributed by atoms with van der Waals surface area (Å²) in [6, 6.07) is 8.21. The molecule has 0 bridgehead atoms. The Kier molecular flexibility index (Phi) is 3.47. The van der Waals surface area contributed by atoms with Crippen molar-refractivity contribution in [2.24, 2.45) is 5.41 Å². The van der Waals surface area contributed by atoms with E-state index in [4.69, 9.17) is 11.0 Å². The molecule has 1 saturated carbocycles. The van der Waals surface area contributed by atoms with E-state index in [9.17, 15) is 0 Å². The molecular weight excluding hydrogens is 222 g/mol. The van der Waals surface area contributed by atoms with Gasteiger partial charge < -0.3 is 11.1 Å². The van der Waals surface area contributed by atoms with Crippen LogP contribution in [-0.4, -0.2) is 6.04 Å². The molecule has 3 N–H and O–H groups in total. The molecule has 1 fully saturated rings. The first-order valence-electron chi connectivity index (χ1n) is 6.59. The Labute approximate surface area is 109 Å². The second kappa shape index (κ2) is 4.89. The topological polar surface area (TPSA) is 61.8 Å². The molecule has 96 valence electrons. The molecule has 3 nitrogen and oxygen atoms in total. The predicted octanol–water partition coefficient (Wildman–Crippen LogP) is 3.52. The molecule has 0 heterocycles. The van der Waals surface area contributed by atoms with Crippen molar-refractivity contribution in [2.75, 3.05) is 11.1 Å². The van der Waals surface area contributed by atoms with Gasteiger partial charge in [0.05, 0.1) is 5.56 Å². The Morgan fingerprint density at radius 3 is 2.83 bits per heavy atom. The third-order valence-corrected chi connectivity index (χ3v) is 4.02. The number of hydrogen-bond acceptors (Lipinski definition) is 3. The van der Waals surface area contributed by atoms with Crippen molar-refractivity contribution in [1.82, 2.24) is 0 Å². The van der Waals surface area contributed by atoms with Crippen LogP contribution in [0, 0.1) is 16.7 Å². The fourth-order valence-corrected chi connectivity index (χ4v) is 2.71. The fraction of sp³-hybridized carbons (Fsp3) is 0.533. The maximum absolute atomic E-state index is 8.99. The number of nitrogens with zero attached hydrogens (tertiary/aromatic N) is 1. The van der Waals surface area contributed by atoms with Gasteiger partial charge in [0.15, 0.2) is 0 Å². The van der Waals surface area contributed by atoms with E-state index >= 15 is 0 Å². The highest BCUT2D eigenvalue weighted by molar-refractivity contribution is 5.62. The average molecular weight is 243 g/mol. The molecular formula is C15H21N3. The van der Waals surface area contributed by atoms with E-state index in [0.717, 1.165) is 5.69 Å². The summed E-state index contributed by atoms with van der Waals surface area (Å²) in [7, 11) is 0. The summed E-state index contributed by atoms with van der Waals surface area (Å²) in [6.45, 7) is 4.62. The summed E-state index contributed by atoms with van der Waals surface area (Å²) < 4.78 is 0. The second-order valence-electron chi connectivity index (χ2n) is 5.85. The first-order valence-corrected chi connectivity index (χ1v) is 6.59. The average Bonchev–Trinajstić information content (AvgIpc) is 2.34. The monoisotopic (exact) mass is 243 g/mol. The van der Waals surface area contributed by atoms with Gasteiger partial charge in [-0.15, -0.1) is 0 Å². The van der Waals surface area contributed by atoms with Gasteiger partial charge in [-0.25, -0.2) is 0 Å². The zero-order valence-electron chi connectivity index (χ0n) is 11.2. The first kappa shape index (κ1) is 12.8. The lowest BCUT2D eigenvalue weighted by Gasteiger charge is -2.39. The highest BCUT2D eigenvalue weighted by Gasteiger charge is 2.31. The summed E-state index contributed by atoms with van der Waals surface area (Å²) in [5.41, 5.74) is 8.15. The highest BCUT2D eigenvalue weighted by Crippen LogP contribution is 2.37. The van der Waals surface area contributed by atoms with Crippen LogP contribution in [0.4, 0.5) is 11.4 Å². The molecule has 0 radical (unpaired) electrons. The van der Waals surface area contributed by atoms with Crippen LogP contribution >= 0.6 is 0 Å². The molecule has 1 aliphatic carbocycles. The number of nitriles is 1. The van der Waals surface area contributed by atoms with Crippen LogP contribution < -0.4 is 11.1 Å². The Hall–Kier alpha value is -1.69. The number of rotatable bonds is 2. The zero-order chi connectivity index (χ0) is 13.2. The quantitative estimate of drug-likeness (QED) is 0.781. The van der Waals surface area contributed by atoms with Gasteiger partial charge in [-0.1, -0.05) is 26.7 Å². The standard InChI is InChI=1S/C15H21N3/c1-15(2)8-4-3-5-14(15)18-12-6-7-13(17)11(9-12)10-16/h6-7,9,14,18H,3-5,8,17H2,1-2H3. The van der Waals surface area contributed by atoms with Gasteiger partial charge in [-0.2, -0.15) is 5.26 Å². The maximum atomic E-state index is 8.99. The van der Waals surface area contributed by atoms with Crippen LogP contribution in [0.25, 0.3) is 0 Å². The molecule has 3 heteroatoms. The van der Waals surface area contributed by atoms with Crippen molar-refractivity contribution in [2.45, 2.75) is 45.6 Å². The van der Waals surface area contributed by atoms with E-state index in [-0.39, 0.29) is 0 Å². The maximum Gasteiger partial charge on any atom is 0.101 e. The van der Waals surface area contributed by atoms with Crippen molar-refractivity contribution < 1.29 is 0 Å². The lowest BCUT2D eigenvalue weighted by atomic mass is 9.73. The molecule has 0 aromatic heterocycles. The fourth-order valence-electron chi connectivity index (χ4n) is 2.71. The normalized spacial score (nSPS) is 22.2. The smallest absolute Gasteiger partial charge is 0.101 e. The van der Waals surface area contributed by atoms with Crippen LogP contribution in [0.3, 0.4) is 0 Å². The lowest BCUT2D eigenvalue weighted by molar-refractivity contribution is 0.217. The van der Waals surface area contributed by atoms with E-state index in [1.807, 2.05) is 12.1 Å². The van der Waals surface area contributed by atoms with E-state index in [1.54, 1.807) is 6.07 Å². The molecule has 1 aromatic rings. The number of hydrogen-bond donors (Lipinski definition) is 2. The number of nitrogens with two attached hydrogens (primary N) is 1. The summed E-state index contributed by atoms with van der Waals surface area (Å²) in [5, 5.41) is 12.6. The second-order valence-corrected chi connectivity index (χ2v) is 5.85. The summed E-state index contributed by atoms with van der Waals surface area (Å²) in [5.74, 6) is 0. The molecule has 0 amide bonds. The minimum atomic E-state index is 0.312. The number of benzene rings is 1. The van der Waals surface area contributed by atoms with Gasteiger partial charge in [0.1, 0.15) is 6.07 Å². The van der Waals surface area contributed by atoms with Gasteiger partial charge in [-0.3, -0.25) is 0 Å². The van der Waals surface area contributed by atoms with Crippen LogP contribution in [-0.2, 0) is 0 Å². The molecule has 0 saturated heterocycles. The van der Waals surface area contributed by atoms with Gasteiger partial charge >= 0.3 is 0 Å². The number of anilines is 2. The van der Waals surface area contributed by atoms with Crippen LogP contribution in [0.1, 0.15) is 45.1 Å². The summed E-state index contributed by atoms with van der Waals surface area (Å²) in [4.78, 5) is 0. The minimum absolute atomic E-state index is 0.312. The Balaban J connectivity index is 2.16. The number of nitrogen functional groups attached to an aromatic ring is 1. The molecule has 0 spiro atoms. The van der Waals surface area contributed by atoms with Crippen molar-refractivity contribution in [1.29, 1.82) is 5.26 Å². The highest BCUT2D eigenvalue weighted by atomic mass is 14.9. The van der Waals surface area contributed by atoms with Gasteiger partial charge in [0, 0.05) is 17.4 Å². The SMILES string of the molecule is CC1(C)CCCCC1Nc1ccc(N)c(C#N)c1. The Morgan fingerprint density at radius 2 is 2.17 bits per heavy atom. The third-order valence-electron chi connectivity index (χ3n) is 4.02. The third kappa shape index (κ3) is 2.59. The molecule has 2 rings (SSSR count). The summed E-state index contributed by atoms with van der Waals surface area (Å²) >= 11 is 0. The van der Waals surface area contributed by atoms with Crippen molar-refractivity contribution >= 4 is 11.4 Å². The molecule has 1 aliphatic rings. The number of nitrogens with one attached hydrogen (secondary N) is 1. The predicted molar refractivity (Wildman–Crippen MR) is 75.2 cm³/mol. The van der Waals surface area contributed by atoms with Crippen molar-refractivity contribution in [3.63, 3.8) is 0 Å². The first-order chi connectivity index (χ1) is 8.53. The molecule has 1 aromatic carbocycles. The van der Waals surface area contributed by atoms with Gasteiger partial charge in [0.2, 0.25) is 0 Å². The van der Waals surface area contributed by atoms with E-state index in [1.165, 1.54) is 25.7 Å². The van der Waals surface area contributed by atoms with Crippen LogP contribution in [0.5, 0.6) is 0 Å². The zero-order valence-corrected chi connectivity index (χ0v) is 11.2. The lowest BCUT2D eigenvalue weighted by Crippen LogP contribution is -2.38. The Bertz CT molecular complexity index is 471. The molecule has 0 aliphatic heterocycles.